The number of amides is 1. The smallest absolute Gasteiger partial charge is 0.255 e. The highest BCUT2D eigenvalue weighted by Gasteiger charge is 2.11. The maximum Gasteiger partial charge on any atom is 0.255 e. The van der Waals surface area contributed by atoms with Crippen LogP contribution in [0, 0.1) is 0 Å². The number of carbonyl (C=O) groups is 1. The van der Waals surface area contributed by atoms with Gasteiger partial charge in [0.2, 0.25) is 0 Å². The number of fused-ring (bicyclic) bond motifs is 1. The van der Waals surface area contributed by atoms with Gasteiger partial charge in [0, 0.05) is 29.2 Å². The minimum Gasteiger partial charge on any atom is -0.322 e. The minimum atomic E-state index is -0.134. The summed E-state index contributed by atoms with van der Waals surface area (Å²) in [5.41, 5.74) is 3.42. The van der Waals surface area contributed by atoms with E-state index in [2.05, 4.69) is 27.4 Å². The third-order valence-corrected chi connectivity index (χ3v) is 4.24. The van der Waals surface area contributed by atoms with Crippen molar-refractivity contribution in [2.45, 2.75) is 13.3 Å². The summed E-state index contributed by atoms with van der Waals surface area (Å²) in [6.07, 6.45) is 4.40. The van der Waals surface area contributed by atoms with Crippen LogP contribution in [-0.4, -0.2) is 25.5 Å². The normalized spacial score (nSPS) is 10.8. The second kappa shape index (κ2) is 6.76. The Kier molecular flexibility index (Phi) is 4.15. The van der Waals surface area contributed by atoms with Crippen molar-refractivity contribution in [3.63, 3.8) is 0 Å². The zero-order valence-corrected chi connectivity index (χ0v) is 14.3. The lowest BCUT2D eigenvalue weighted by Gasteiger charge is -2.10. The molecule has 0 aliphatic heterocycles. The van der Waals surface area contributed by atoms with Gasteiger partial charge in [0.05, 0.1) is 0 Å². The summed E-state index contributed by atoms with van der Waals surface area (Å²) >= 11 is 0. The van der Waals surface area contributed by atoms with E-state index < -0.39 is 0 Å². The highest BCUT2D eigenvalue weighted by Crippen LogP contribution is 2.20. The zero-order chi connectivity index (χ0) is 17.9. The zero-order valence-electron chi connectivity index (χ0n) is 14.3. The summed E-state index contributed by atoms with van der Waals surface area (Å²) < 4.78 is 1.81. The molecule has 0 atom stereocenters. The molecule has 0 saturated heterocycles. The Hall–Kier alpha value is -3.54. The van der Waals surface area contributed by atoms with Crippen LogP contribution < -0.4 is 5.32 Å². The minimum absolute atomic E-state index is 0.134. The lowest BCUT2D eigenvalue weighted by molar-refractivity contribution is 0.102. The molecule has 6 nitrogen and oxygen atoms in total. The van der Waals surface area contributed by atoms with Gasteiger partial charge in [-0.3, -0.25) is 9.20 Å². The fourth-order valence-corrected chi connectivity index (χ4v) is 2.86. The topological polar surface area (TPSA) is 72.2 Å². The Labute approximate surface area is 150 Å². The van der Waals surface area contributed by atoms with Gasteiger partial charge < -0.3 is 5.32 Å². The molecule has 1 amide bonds. The summed E-state index contributed by atoms with van der Waals surface area (Å²) in [4.78, 5) is 16.7. The van der Waals surface area contributed by atoms with E-state index in [1.54, 1.807) is 18.3 Å². The van der Waals surface area contributed by atoms with E-state index in [-0.39, 0.29) is 5.91 Å². The fraction of sp³-hybridized carbons (Fsp3) is 0.100. The van der Waals surface area contributed by atoms with Crippen LogP contribution in [0.5, 0.6) is 0 Å². The van der Waals surface area contributed by atoms with Crippen LogP contribution in [0.25, 0.3) is 17.2 Å². The molecular formula is C20H17N5O. The summed E-state index contributed by atoms with van der Waals surface area (Å²) in [6.45, 7) is 2.07. The SMILES string of the molecule is CCc1ccccc1NC(=O)c1ccc(-c2nnc3ncccn23)cc1. The highest BCUT2D eigenvalue weighted by molar-refractivity contribution is 6.04. The second-order valence-corrected chi connectivity index (χ2v) is 5.86. The van der Waals surface area contributed by atoms with E-state index in [9.17, 15) is 4.79 Å². The van der Waals surface area contributed by atoms with Crippen molar-refractivity contribution in [2.24, 2.45) is 0 Å². The molecule has 2 aromatic carbocycles. The van der Waals surface area contributed by atoms with E-state index in [4.69, 9.17) is 0 Å². The van der Waals surface area contributed by atoms with Crippen molar-refractivity contribution in [1.82, 2.24) is 19.6 Å². The molecule has 0 radical (unpaired) electrons. The molecule has 2 heterocycles. The number of hydrogen-bond acceptors (Lipinski definition) is 4. The van der Waals surface area contributed by atoms with Crippen molar-refractivity contribution in [3.8, 4) is 11.4 Å². The van der Waals surface area contributed by atoms with Crippen molar-refractivity contribution in [3.05, 3.63) is 78.1 Å². The summed E-state index contributed by atoms with van der Waals surface area (Å²) in [6, 6.07) is 17.0. The number of hydrogen-bond donors (Lipinski definition) is 1. The number of anilines is 1. The van der Waals surface area contributed by atoms with E-state index >= 15 is 0 Å². The quantitative estimate of drug-likeness (QED) is 0.614. The molecule has 26 heavy (non-hydrogen) atoms. The molecule has 1 N–H and O–H groups in total. The number of nitrogens with one attached hydrogen (secondary N) is 1. The Morgan fingerprint density at radius 3 is 2.65 bits per heavy atom. The third kappa shape index (κ3) is 2.93. The average Bonchev–Trinajstić information content (AvgIpc) is 3.12. The second-order valence-electron chi connectivity index (χ2n) is 5.86. The van der Waals surface area contributed by atoms with Gasteiger partial charge >= 0.3 is 0 Å². The first kappa shape index (κ1) is 16.0. The number of carbonyl (C=O) groups excluding carboxylic acids is 1. The molecule has 0 saturated carbocycles. The van der Waals surface area contributed by atoms with Gasteiger partial charge in [-0.2, -0.15) is 0 Å². The number of benzene rings is 2. The number of nitrogens with zero attached hydrogens (tertiary/aromatic N) is 4. The molecule has 0 spiro atoms. The van der Waals surface area contributed by atoms with Gasteiger partial charge in [0.1, 0.15) is 0 Å². The molecule has 0 fully saturated rings. The van der Waals surface area contributed by atoms with Gasteiger partial charge in [-0.15, -0.1) is 10.2 Å². The molecule has 128 valence electrons. The predicted octanol–water partition coefficient (Wildman–Crippen LogP) is 3.61. The van der Waals surface area contributed by atoms with Crippen LogP contribution in [-0.2, 0) is 6.42 Å². The molecule has 0 unspecified atom stereocenters. The van der Waals surface area contributed by atoms with Crippen LogP contribution >= 0.6 is 0 Å². The highest BCUT2D eigenvalue weighted by atomic mass is 16.1. The fourth-order valence-electron chi connectivity index (χ4n) is 2.86. The molecule has 4 aromatic rings. The molecule has 2 aromatic heterocycles. The first-order valence-electron chi connectivity index (χ1n) is 8.41. The first-order valence-corrected chi connectivity index (χ1v) is 8.41. The Morgan fingerprint density at radius 2 is 1.85 bits per heavy atom. The standard InChI is InChI=1S/C20H17N5O/c1-2-14-6-3-4-7-17(14)22-19(26)16-10-8-15(9-11-16)18-23-24-20-21-12-5-13-25(18)20/h3-13H,2H2,1H3,(H,22,26). The largest absolute Gasteiger partial charge is 0.322 e. The van der Waals surface area contributed by atoms with E-state index in [0.717, 1.165) is 23.2 Å². The number of para-hydroxylation sites is 1. The van der Waals surface area contributed by atoms with E-state index in [0.29, 0.717) is 17.2 Å². The van der Waals surface area contributed by atoms with Crippen molar-refractivity contribution < 1.29 is 4.79 Å². The van der Waals surface area contributed by atoms with Crippen LogP contribution in [0.1, 0.15) is 22.8 Å². The van der Waals surface area contributed by atoms with Gasteiger partial charge in [-0.1, -0.05) is 37.3 Å². The molecule has 6 heteroatoms. The first-order chi connectivity index (χ1) is 12.8. The van der Waals surface area contributed by atoms with E-state index in [1.165, 1.54) is 0 Å². The maximum atomic E-state index is 12.5. The van der Waals surface area contributed by atoms with Crippen molar-refractivity contribution >= 4 is 17.4 Å². The Balaban J connectivity index is 1.58. The number of rotatable bonds is 4. The summed E-state index contributed by atoms with van der Waals surface area (Å²) in [7, 11) is 0. The molecule has 4 rings (SSSR count). The van der Waals surface area contributed by atoms with Crippen molar-refractivity contribution in [1.29, 1.82) is 0 Å². The summed E-state index contributed by atoms with van der Waals surface area (Å²) in [5, 5.41) is 11.2. The monoisotopic (exact) mass is 343 g/mol. The van der Waals surface area contributed by atoms with Crippen LogP contribution in [0.15, 0.2) is 67.0 Å². The molecular weight excluding hydrogens is 326 g/mol. The van der Waals surface area contributed by atoms with Gasteiger partial charge in [-0.05, 0) is 36.2 Å². The van der Waals surface area contributed by atoms with Crippen LogP contribution in [0.3, 0.4) is 0 Å². The number of aryl methyl sites for hydroxylation is 1. The number of aromatic nitrogens is 4. The predicted molar refractivity (Wildman–Crippen MR) is 100.0 cm³/mol. The molecule has 0 aliphatic rings. The maximum absolute atomic E-state index is 12.5. The molecule has 0 aliphatic carbocycles. The van der Waals surface area contributed by atoms with E-state index in [1.807, 2.05) is 53.1 Å². The lowest BCUT2D eigenvalue weighted by Crippen LogP contribution is -2.13. The Morgan fingerprint density at radius 1 is 1.04 bits per heavy atom. The third-order valence-electron chi connectivity index (χ3n) is 4.24. The van der Waals surface area contributed by atoms with Gasteiger partial charge in [0.15, 0.2) is 5.82 Å². The van der Waals surface area contributed by atoms with Gasteiger partial charge in [-0.25, -0.2) is 4.98 Å². The summed E-state index contributed by atoms with van der Waals surface area (Å²) in [5.74, 6) is 1.10. The lowest BCUT2D eigenvalue weighted by atomic mass is 10.1. The van der Waals surface area contributed by atoms with Crippen molar-refractivity contribution in [2.75, 3.05) is 5.32 Å². The molecule has 0 bridgehead atoms. The van der Waals surface area contributed by atoms with Gasteiger partial charge in [0.25, 0.3) is 11.7 Å². The average molecular weight is 343 g/mol. The van der Waals surface area contributed by atoms with Crippen LogP contribution in [0.4, 0.5) is 5.69 Å². The van der Waals surface area contributed by atoms with Crippen LogP contribution in [0.2, 0.25) is 0 Å². The Bertz CT molecular complexity index is 1070.